The van der Waals surface area contributed by atoms with Gasteiger partial charge in [-0.25, -0.2) is 4.98 Å². The number of aryl methyl sites for hydroxylation is 1. The highest BCUT2D eigenvalue weighted by Crippen LogP contribution is 2.18. The van der Waals surface area contributed by atoms with Crippen molar-refractivity contribution in [3.63, 3.8) is 0 Å². The zero-order valence-corrected chi connectivity index (χ0v) is 14.5. The van der Waals surface area contributed by atoms with Crippen LogP contribution in [0, 0.1) is 0 Å². The number of pyridine rings is 1. The molecule has 8 nitrogen and oxygen atoms in total. The first-order valence-corrected chi connectivity index (χ1v) is 8.16. The number of hydrogen-bond donors (Lipinski definition) is 0. The van der Waals surface area contributed by atoms with E-state index in [-0.39, 0.29) is 30.2 Å². The Labute approximate surface area is 146 Å². The van der Waals surface area contributed by atoms with Crippen LogP contribution in [0.3, 0.4) is 0 Å². The predicted molar refractivity (Wildman–Crippen MR) is 91.5 cm³/mol. The Hall–Kier alpha value is -2.90. The molecule has 2 aromatic rings. The van der Waals surface area contributed by atoms with E-state index in [1.165, 1.54) is 4.90 Å². The number of nitrogens with zero attached hydrogens (tertiary/aromatic N) is 5. The van der Waals surface area contributed by atoms with Crippen molar-refractivity contribution in [1.82, 2.24) is 19.7 Å². The summed E-state index contributed by atoms with van der Waals surface area (Å²) in [5.74, 6) is -0.00301. The van der Waals surface area contributed by atoms with Crippen molar-refractivity contribution in [2.24, 2.45) is 7.05 Å². The van der Waals surface area contributed by atoms with E-state index in [1.807, 2.05) is 13.8 Å². The van der Waals surface area contributed by atoms with E-state index in [2.05, 4.69) is 10.1 Å². The van der Waals surface area contributed by atoms with Crippen LogP contribution in [0.5, 0.6) is 5.88 Å². The zero-order chi connectivity index (χ0) is 18.0. The topological polar surface area (TPSA) is 80.6 Å². The number of amides is 2. The number of carbonyl (C=O) groups is 2. The lowest BCUT2D eigenvalue weighted by Crippen LogP contribution is -2.52. The Balaban J connectivity index is 1.69. The molecule has 25 heavy (non-hydrogen) atoms. The van der Waals surface area contributed by atoms with Crippen molar-refractivity contribution in [3.8, 4) is 5.88 Å². The van der Waals surface area contributed by atoms with Gasteiger partial charge in [0.2, 0.25) is 11.8 Å². The summed E-state index contributed by atoms with van der Waals surface area (Å²) in [6, 6.07) is 5.07. The highest BCUT2D eigenvalue weighted by Gasteiger charge is 2.29. The molecule has 1 fully saturated rings. The number of piperazine rings is 1. The van der Waals surface area contributed by atoms with Crippen LogP contribution in [-0.2, 0) is 11.8 Å². The molecule has 0 N–H and O–H groups in total. The minimum Gasteiger partial charge on any atom is -0.475 e. The molecule has 0 saturated carbocycles. The number of aromatic nitrogens is 3. The molecule has 2 aromatic heterocycles. The van der Waals surface area contributed by atoms with Crippen LogP contribution >= 0.6 is 0 Å². The molecule has 132 valence electrons. The molecule has 1 saturated heterocycles. The molecule has 1 aliphatic rings. The van der Waals surface area contributed by atoms with Crippen molar-refractivity contribution in [2.45, 2.75) is 20.0 Å². The summed E-state index contributed by atoms with van der Waals surface area (Å²) in [5, 5.41) is 4.08. The number of rotatable bonds is 4. The van der Waals surface area contributed by atoms with Crippen molar-refractivity contribution in [3.05, 3.63) is 36.3 Å². The average molecular weight is 343 g/mol. The van der Waals surface area contributed by atoms with Crippen LogP contribution < -0.4 is 9.64 Å². The molecule has 0 aromatic carbocycles. The molecule has 3 heterocycles. The van der Waals surface area contributed by atoms with E-state index in [0.717, 1.165) is 5.69 Å². The fourth-order valence-electron chi connectivity index (χ4n) is 2.67. The van der Waals surface area contributed by atoms with Crippen LogP contribution in [0.4, 0.5) is 5.69 Å². The molecule has 0 atom stereocenters. The Morgan fingerprint density at radius 1 is 1.28 bits per heavy atom. The second-order valence-corrected chi connectivity index (χ2v) is 6.17. The van der Waals surface area contributed by atoms with Gasteiger partial charge in [0.15, 0.2) is 0 Å². The van der Waals surface area contributed by atoms with E-state index < -0.39 is 0 Å². The molecular weight excluding hydrogens is 322 g/mol. The van der Waals surface area contributed by atoms with Gasteiger partial charge in [-0.05, 0) is 19.9 Å². The van der Waals surface area contributed by atoms with E-state index in [4.69, 9.17) is 4.74 Å². The minimum atomic E-state index is -0.270. The smallest absolute Gasteiger partial charge is 0.273 e. The maximum atomic E-state index is 12.7. The predicted octanol–water partition coefficient (Wildman–Crippen LogP) is 1.09. The summed E-state index contributed by atoms with van der Waals surface area (Å²) >= 11 is 0. The van der Waals surface area contributed by atoms with E-state index in [9.17, 15) is 9.59 Å². The quantitative estimate of drug-likeness (QED) is 0.830. The third-order valence-corrected chi connectivity index (χ3v) is 3.81. The van der Waals surface area contributed by atoms with E-state index in [1.54, 1.807) is 47.2 Å². The second kappa shape index (κ2) is 6.92. The Kier molecular flexibility index (Phi) is 4.69. The molecule has 0 unspecified atom stereocenters. The molecule has 1 aliphatic heterocycles. The fourth-order valence-corrected chi connectivity index (χ4v) is 2.67. The number of ether oxygens (including phenoxy) is 1. The van der Waals surface area contributed by atoms with Crippen LogP contribution in [-0.4, -0.2) is 57.2 Å². The monoisotopic (exact) mass is 343 g/mol. The van der Waals surface area contributed by atoms with Gasteiger partial charge in [0.1, 0.15) is 12.2 Å². The normalized spacial score (nSPS) is 15.0. The van der Waals surface area contributed by atoms with Crippen molar-refractivity contribution in [1.29, 1.82) is 0 Å². The highest BCUT2D eigenvalue weighted by molar-refractivity contribution is 6.00. The van der Waals surface area contributed by atoms with Crippen LogP contribution in [0.15, 0.2) is 30.6 Å². The van der Waals surface area contributed by atoms with E-state index >= 15 is 0 Å². The first-order chi connectivity index (χ1) is 11.9. The van der Waals surface area contributed by atoms with E-state index in [0.29, 0.717) is 19.0 Å². The third kappa shape index (κ3) is 3.78. The molecule has 8 heteroatoms. The zero-order valence-electron chi connectivity index (χ0n) is 14.5. The molecule has 0 aliphatic carbocycles. The summed E-state index contributed by atoms with van der Waals surface area (Å²) < 4.78 is 7.17. The largest absolute Gasteiger partial charge is 0.475 e. The Bertz CT molecular complexity index is 786. The SMILES string of the molecule is CC(C)Oc1cccc(C(=O)N2CCN(c3cnn(C)c3)C(=O)C2)n1. The maximum absolute atomic E-state index is 12.7. The first kappa shape index (κ1) is 16.9. The molecular formula is C17H21N5O3. The van der Waals surface area contributed by atoms with Gasteiger partial charge in [0, 0.05) is 32.4 Å². The number of hydrogen-bond acceptors (Lipinski definition) is 5. The van der Waals surface area contributed by atoms with Gasteiger partial charge in [-0.15, -0.1) is 0 Å². The number of carbonyl (C=O) groups excluding carboxylic acids is 2. The molecule has 0 spiro atoms. The highest BCUT2D eigenvalue weighted by atomic mass is 16.5. The van der Waals surface area contributed by atoms with Crippen molar-refractivity contribution < 1.29 is 14.3 Å². The van der Waals surface area contributed by atoms with Crippen LogP contribution in [0.1, 0.15) is 24.3 Å². The first-order valence-electron chi connectivity index (χ1n) is 8.16. The molecule has 0 bridgehead atoms. The van der Waals surface area contributed by atoms with Gasteiger partial charge in [0.05, 0.1) is 18.0 Å². The lowest BCUT2D eigenvalue weighted by Gasteiger charge is -2.33. The average Bonchev–Trinajstić information content (AvgIpc) is 3.00. The fraction of sp³-hybridized carbons (Fsp3) is 0.412. The van der Waals surface area contributed by atoms with Gasteiger partial charge >= 0.3 is 0 Å². The maximum Gasteiger partial charge on any atom is 0.273 e. The standard InChI is InChI=1S/C17H21N5O3/c1-12(2)25-15-6-4-5-14(19-15)17(24)21-7-8-22(16(23)11-21)13-9-18-20(3)10-13/h4-6,9-10,12H,7-8,11H2,1-3H3. The number of anilines is 1. The summed E-state index contributed by atoms with van der Waals surface area (Å²) in [4.78, 5) is 32.5. The third-order valence-electron chi connectivity index (χ3n) is 3.81. The molecule has 3 rings (SSSR count). The van der Waals surface area contributed by atoms with Crippen molar-refractivity contribution in [2.75, 3.05) is 24.5 Å². The molecule has 2 amide bonds. The summed E-state index contributed by atoms with van der Waals surface area (Å²) in [6.45, 7) is 4.68. The van der Waals surface area contributed by atoms with Gasteiger partial charge < -0.3 is 14.5 Å². The van der Waals surface area contributed by atoms with Crippen LogP contribution in [0.25, 0.3) is 0 Å². The van der Waals surface area contributed by atoms with Gasteiger partial charge in [-0.2, -0.15) is 5.10 Å². The van der Waals surface area contributed by atoms with Crippen LogP contribution in [0.2, 0.25) is 0 Å². The summed E-state index contributed by atoms with van der Waals surface area (Å²) in [6.07, 6.45) is 3.40. The minimum absolute atomic E-state index is 0.0185. The molecule has 0 radical (unpaired) electrons. The lowest BCUT2D eigenvalue weighted by atomic mass is 10.2. The Morgan fingerprint density at radius 2 is 2.08 bits per heavy atom. The van der Waals surface area contributed by atoms with Gasteiger partial charge in [-0.3, -0.25) is 14.3 Å². The Morgan fingerprint density at radius 3 is 2.72 bits per heavy atom. The van der Waals surface area contributed by atoms with Crippen molar-refractivity contribution >= 4 is 17.5 Å². The summed E-state index contributed by atoms with van der Waals surface area (Å²) in [7, 11) is 1.80. The lowest BCUT2D eigenvalue weighted by molar-refractivity contribution is -0.120. The van der Waals surface area contributed by atoms with Gasteiger partial charge in [-0.1, -0.05) is 6.07 Å². The van der Waals surface area contributed by atoms with Gasteiger partial charge in [0.25, 0.3) is 5.91 Å². The second-order valence-electron chi connectivity index (χ2n) is 6.17. The summed E-state index contributed by atoms with van der Waals surface area (Å²) in [5.41, 5.74) is 1.02.